The van der Waals surface area contributed by atoms with Gasteiger partial charge in [0.2, 0.25) is 11.5 Å². The van der Waals surface area contributed by atoms with Crippen LogP contribution in [0.1, 0.15) is 19.3 Å². The number of nitrogens with one attached hydrogen (secondary N) is 1. The Morgan fingerprint density at radius 1 is 1.35 bits per heavy atom. The Hall–Kier alpha value is -1.33. The van der Waals surface area contributed by atoms with Gasteiger partial charge in [-0.1, -0.05) is 0 Å². The van der Waals surface area contributed by atoms with Crippen LogP contribution in [0.2, 0.25) is 0 Å². The van der Waals surface area contributed by atoms with Crippen LogP contribution in [0, 0.1) is 17.8 Å². The van der Waals surface area contributed by atoms with Crippen molar-refractivity contribution in [2.75, 3.05) is 5.32 Å². The molecule has 2 aliphatic carbocycles. The summed E-state index contributed by atoms with van der Waals surface area (Å²) in [6.07, 6.45) is 5.00. The molecule has 0 aliphatic heterocycles. The first-order valence-electron chi connectivity index (χ1n) is 6.79. The molecule has 0 radical (unpaired) electrons. The molecule has 2 saturated carbocycles. The van der Waals surface area contributed by atoms with E-state index in [2.05, 4.69) is 5.32 Å². The topological polar surface area (TPSA) is 77.1 Å². The molecule has 1 amide bonds. The highest BCUT2D eigenvalue weighted by molar-refractivity contribution is 5.93. The summed E-state index contributed by atoms with van der Waals surface area (Å²) in [5.74, 6) is 0.878. The number of hydrogen-bond donors (Lipinski definition) is 2. The molecule has 20 heavy (non-hydrogen) atoms. The van der Waals surface area contributed by atoms with Crippen molar-refractivity contribution in [3.05, 3.63) is 28.7 Å². The number of fused-ring (bicyclic) bond motifs is 2. The van der Waals surface area contributed by atoms with Crippen molar-refractivity contribution < 1.29 is 4.79 Å². The molecule has 3 rings (SSSR count). The van der Waals surface area contributed by atoms with E-state index < -0.39 is 0 Å². The third-order valence-electron chi connectivity index (χ3n) is 4.64. The summed E-state index contributed by atoms with van der Waals surface area (Å²) in [6, 6.07) is 3.08. The van der Waals surface area contributed by atoms with Crippen molar-refractivity contribution in [1.29, 1.82) is 0 Å². The highest BCUT2D eigenvalue weighted by atomic mass is 35.5. The van der Waals surface area contributed by atoms with Crippen molar-refractivity contribution in [3.8, 4) is 0 Å². The number of carbonyl (C=O) groups is 1. The largest absolute Gasteiger partial charge is 0.327 e. The zero-order valence-electron chi connectivity index (χ0n) is 11.4. The third-order valence-corrected chi connectivity index (χ3v) is 4.64. The van der Waals surface area contributed by atoms with Gasteiger partial charge in [0.1, 0.15) is 0 Å². The zero-order valence-corrected chi connectivity index (χ0v) is 12.2. The summed E-state index contributed by atoms with van der Waals surface area (Å²) < 4.78 is 1.45. The number of halogens is 1. The summed E-state index contributed by atoms with van der Waals surface area (Å²) in [5, 5.41) is 2.89. The van der Waals surface area contributed by atoms with Gasteiger partial charge < -0.3 is 15.6 Å². The van der Waals surface area contributed by atoms with E-state index in [9.17, 15) is 9.59 Å². The molecule has 0 saturated heterocycles. The second-order valence-corrected chi connectivity index (χ2v) is 5.79. The Morgan fingerprint density at radius 3 is 2.65 bits per heavy atom. The third kappa shape index (κ3) is 2.47. The van der Waals surface area contributed by atoms with Gasteiger partial charge in [-0.25, -0.2) is 0 Å². The van der Waals surface area contributed by atoms with Gasteiger partial charge in [0, 0.05) is 25.4 Å². The predicted octanol–water partition coefficient (Wildman–Crippen LogP) is 1.12. The quantitative estimate of drug-likeness (QED) is 0.859. The van der Waals surface area contributed by atoms with Crippen LogP contribution in [0.15, 0.2) is 23.1 Å². The molecule has 0 spiro atoms. The van der Waals surface area contributed by atoms with E-state index in [1.54, 1.807) is 19.3 Å². The van der Waals surface area contributed by atoms with Crippen molar-refractivity contribution in [3.63, 3.8) is 0 Å². The van der Waals surface area contributed by atoms with E-state index in [-0.39, 0.29) is 35.8 Å². The summed E-state index contributed by atoms with van der Waals surface area (Å²) >= 11 is 0. The van der Waals surface area contributed by atoms with Gasteiger partial charge in [-0.15, -0.1) is 12.4 Å². The van der Waals surface area contributed by atoms with Gasteiger partial charge in [-0.3, -0.25) is 9.59 Å². The van der Waals surface area contributed by atoms with Crippen LogP contribution >= 0.6 is 12.4 Å². The Labute approximate surface area is 123 Å². The lowest BCUT2D eigenvalue weighted by Crippen LogP contribution is -2.42. The van der Waals surface area contributed by atoms with Crippen molar-refractivity contribution in [2.24, 2.45) is 30.5 Å². The number of carbonyl (C=O) groups excluding carboxylic acids is 1. The van der Waals surface area contributed by atoms with Gasteiger partial charge >= 0.3 is 0 Å². The van der Waals surface area contributed by atoms with Crippen LogP contribution in [-0.4, -0.2) is 16.5 Å². The molecule has 1 aromatic rings. The molecule has 2 aliphatic rings. The normalized spacial score (nSPS) is 30.9. The second kappa shape index (κ2) is 5.58. The standard InChI is InChI=1S/C14H19N3O2.ClH/c1-17-7-10(4-5-11(17)18)16-14(19)12-8-2-3-9(6-8)13(12)15;/h4-5,7-9,12-13H,2-3,6,15H2,1H3,(H,16,19);1H. The van der Waals surface area contributed by atoms with Gasteiger partial charge in [-0.05, 0) is 37.2 Å². The fourth-order valence-corrected chi connectivity index (χ4v) is 3.62. The highest BCUT2D eigenvalue weighted by Crippen LogP contribution is 2.47. The van der Waals surface area contributed by atoms with E-state index in [0.717, 1.165) is 19.3 Å². The number of hydrogen-bond acceptors (Lipinski definition) is 3. The Morgan fingerprint density at radius 2 is 2.05 bits per heavy atom. The molecule has 2 bridgehead atoms. The van der Waals surface area contributed by atoms with Gasteiger partial charge in [0.05, 0.1) is 11.6 Å². The van der Waals surface area contributed by atoms with Gasteiger partial charge in [0.25, 0.3) is 0 Å². The van der Waals surface area contributed by atoms with E-state index in [1.807, 2.05) is 0 Å². The van der Waals surface area contributed by atoms with Crippen LogP contribution < -0.4 is 16.6 Å². The maximum Gasteiger partial charge on any atom is 0.250 e. The van der Waals surface area contributed by atoms with Crippen LogP contribution in [0.4, 0.5) is 5.69 Å². The molecule has 4 atom stereocenters. The number of aryl methyl sites for hydroxylation is 1. The van der Waals surface area contributed by atoms with Crippen LogP contribution in [-0.2, 0) is 11.8 Å². The molecular formula is C14H20ClN3O2. The fraction of sp³-hybridized carbons (Fsp3) is 0.571. The zero-order chi connectivity index (χ0) is 13.6. The molecule has 0 aromatic carbocycles. The minimum atomic E-state index is -0.0883. The van der Waals surface area contributed by atoms with Crippen molar-refractivity contribution in [2.45, 2.75) is 25.3 Å². The molecule has 2 fully saturated rings. The van der Waals surface area contributed by atoms with Gasteiger partial charge in [0.15, 0.2) is 0 Å². The lowest BCUT2D eigenvalue weighted by atomic mass is 9.84. The minimum Gasteiger partial charge on any atom is -0.327 e. The van der Waals surface area contributed by atoms with Gasteiger partial charge in [-0.2, -0.15) is 0 Å². The number of anilines is 1. The average Bonchev–Trinajstić information content (AvgIpc) is 2.94. The maximum atomic E-state index is 12.3. The number of pyridine rings is 1. The Kier molecular flexibility index (Phi) is 4.20. The predicted molar refractivity (Wildman–Crippen MR) is 79.9 cm³/mol. The number of rotatable bonds is 2. The lowest BCUT2D eigenvalue weighted by molar-refractivity contribution is -0.121. The smallest absolute Gasteiger partial charge is 0.250 e. The van der Waals surface area contributed by atoms with E-state index in [4.69, 9.17) is 5.73 Å². The van der Waals surface area contributed by atoms with E-state index >= 15 is 0 Å². The molecule has 1 aromatic heterocycles. The summed E-state index contributed by atoms with van der Waals surface area (Å²) in [6.45, 7) is 0. The average molecular weight is 298 g/mol. The lowest BCUT2D eigenvalue weighted by Gasteiger charge is -2.27. The first kappa shape index (κ1) is 15.1. The monoisotopic (exact) mass is 297 g/mol. The molecule has 5 nitrogen and oxygen atoms in total. The fourth-order valence-electron chi connectivity index (χ4n) is 3.62. The Bertz CT molecular complexity index is 570. The number of nitrogens with two attached hydrogens (primary N) is 1. The Balaban J connectivity index is 0.00000147. The maximum absolute atomic E-state index is 12.3. The van der Waals surface area contributed by atoms with Crippen LogP contribution in [0.5, 0.6) is 0 Å². The molecular weight excluding hydrogens is 278 g/mol. The molecule has 3 N–H and O–H groups in total. The molecule has 110 valence electrons. The highest BCUT2D eigenvalue weighted by Gasteiger charge is 2.49. The van der Waals surface area contributed by atoms with E-state index in [1.165, 1.54) is 10.6 Å². The molecule has 4 unspecified atom stereocenters. The number of nitrogens with zero attached hydrogens (tertiary/aromatic N) is 1. The van der Waals surface area contributed by atoms with E-state index in [0.29, 0.717) is 17.5 Å². The number of aromatic nitrogens is 1. The van der Waals surface area contributed by atoms with Crippen molar-refractivity contribution >= 4 is 24.0 Å². The molecule has 1 heterocycles. The SMILES string of the molecule is Cl.Cn1cc(NC(=O)C2C3CCC(C3)C2N)ccc1=O. The first-order chi connectivity index (χ1) is 9.06. The number of amides is 1. The summed E-state index contributed by atoms with van der Waals surface area (Å²) in [7, 11) is 1.67. The minimum absolute atomic E-state index is 0. The first-order valence-corrected chi connectivity index (χ1v) is 6.79. The second-order valence-electron chi connectivity index (χ2n) is 5.79. The van der Waals surface area contributed by atoms with Crippen molar-refractivity contribution in [1.82, 2.24) is 4.57 Å². The van der Waals surface area contributed by atoms with Crippen LogP contribution in [0.3, 0.4) is 0 Å². The summed E-state index contributed by atoms with van der Waals surface area (Å²) in [5.41, 5.74) is 6.72. The van der Waals surface area contributed by atoms with Crippen LogP contribution in [0.25, 0.3) is 0 Å². The summed E-state index contributed by atoms with van der Waals surface area (Å²) in [4.78, 5) is 23.6. The molecule has 6 heteroatoms.